The molecule has 0 aromatic heterocycles. The average molecular weight is 395 g/mol. The lowest BCUT2D eigenvalue weighted by molar-refractivity contribution is -0.137. The fourth-order valence-corrected chi connectivity index (χ4v) is 4.36. The monoisotopic (exact) mass is 394 g/mol. The summed E-state index contributed by atoms with van der Waals surface area (Å²) < 4.78 is 6.12. The molecular formula is C23H38O5. The number of allylic oxidation sites excluding steroid dienone is 2. The SMILES string of the molecule is CC(C)=CCC(C)(C)[C@H](O)C=C[C@@H]1[C@H]2C[C@@H](CCCCC(=O)O)O[C@H]2C[C@H]1O. The molecular weight excluding hydrogens is 356 g/mol. The zero-order valence-corrected chi connectivity index (χ0v) is 17.8. The quantitative estimate of drug-likeness (QED) is 0.384. The Bertz CT molecular complexity index is 576. The molecule has 1 saturated carbocycles. The van der Waals surface area contributed by atoms with Crippen LogP contribution in [0.25, 0.3) is 0 Å². The number of unbranched alkanes of at least 4 members (excludes halogenated alkanes) is 1. The Labute approximate surface area is 169 Å². The van der Waals surface area contributed by atoms with E-state index in [1.54, 1.807) is 0 Å². The number of carboxylic acids is 1. The maximum Gasteiger partial charge on any atom is 0.303 e. The van der Waals surface area contributed by atoms with E-state index >= 15 is 0 Å². The van der Waals surface area contributed by atoms with E-state index in [9.17, 15) is 15.0 Å². The van der Waals surface area contributed by atoms with Crippen molar-refractivity contribution in [2.24, 2.45) is 17.3 Å². The summed E-state index contributed by atoms with van der Waals surface area (Å²) in [6, 6.07) is 0. The Morgan fingerprint density at radius 2 is 1.96 bits per heavy atom. The molecule has 0 aromatic carbocycles. The lowest BCUT2D eigenvalue weighted by Gasteiger charge is -2.28. The summed E-state index contributed by atoms with van der Waals surface area (Å²) >= 11 is 0. The predicted molar refractivity (Wildman–Crippen MR) is 110 cm³/mol. The van der Waals surface area contributed by atoms with Crippen LogP contribution in [0.4, 0.5) is 0 Å². The number of hydrogen-bond acceptors (Lipinski definition) is 4. The number of aliphatic carboxylic acids is 1. The third-order valence-electron chi connectivity index (χ3n) is 6.31. The van der Waals surface area contributed by atoms with Crippen LogP contribution in [0.3, 0.4) is 0 Å². The van der Waals surface area contributed by atoms with Crippen LogP contribution in [0, 0.1) is 17.3 Å². The summed E-state index contributed by atoms with van der Waals surface area (Å²) in [6.07, 6.45) is 10.2. The Kier molecular flexibility index (Phi) is 8.29. The van der Waals surface area contributed by atoms with Crippen molar-refractivity contribution in [2.75, 3.05) is 0 Å². The zero-order valence-electron chi connectivity index (χ0n) is 17.8. The molecule has 2 aliphatic rings. The standard InChI is InChI=1S/C23H38O5/c1-15(2)11-12-23(3,4)21(25)10-9-17-18-13-16(7-5-6-8-22(26)27)28-20(18)14-19(17)24/h9-11,16-21,24-25H,5-8,12-14H2,1-4H3,(H,26,27)/t16-,17-,18-,19-,20+,21-/m1/s1. The van der Waals surface area contributed by atoms with Crippen LogP contribution in [-0.2, 0) is 9.53 Å². The van der Waals surface area contributed by atoms with Crippen LogP contribution < -0.4 is 0 Å². The first-order chi connectivity index (χ1) is 13.1. The van der Waals surface area contributed by atoms with Crippen LogP contribution >= 0.6 is 0 Å². The van der Waals surface area contributed by atoms with Gasteiger partial charge in [0, 0.05) is 18.8 Å². The molecule has 1 aliphatic heterocycles. The van der Waals surface area contributed by atoms with Crippen molar-refractivity contribution in [2.45, 2.75) is 97.1 Å². The van der Waals surface area contributed by atoms with E-state index in [1.807, 2.05) is 12.2 Å². The number of rotatable bonds is 10. The summed E-state index contributed by atoms with van der Waals surface area (Å²) in [5.41, 5.74) is 0.992. The van der Waals surface area contributed by atoms with E-state index < -0.39 is 18.2 Å². The second-order valence-electron chi connectivity index (χ2n) is 9.52. The van der Waals surface area contributed by atoms with Crippen molar-refractivity contribution in [3.63, 3.8) is 0 Å². The van der Waals surface area contributed by atoms with Crippen LogP contribution in [0.15, 0.2) is 23.8 Å². The number of fused-ring (bicyclic) bond motifs is 1. The Hall–Kier alpha value is -1.17. The van der Waals surface area contributed by atoms with Gasteiger partial charge in [-0.3, -0.25) is 4.79 Å². The molecule has 1 heterocycles. The molecule has 3 N–H and O–H groups in total. The molecule has 1 saturated heterocycles. The fourth-order valence-electron chi connectivity index (χ4n) is 4.36. The lowest BCUT2D eigenvalue weighted by atomic mass is 9.81. The molecule has 160 valence electrons. The van der Waals surface area contributed by atoms with Gasteiger partial charge in [-0.2, -0.15) is 0 Å². The predicted octanol–water partition coefficient (Wildman–Crippen LogP) is 4.09. The van der Waals surface area contributed by atoms with Gasteiger partial charge in [0.2, 0.25) is 0 Å². The number of carbonyl (C=O) groups is 1. The van der Waals surface area contributed by atoms with Gasteiger partial charge in [0.05, 0.1) is 24.4 Å². The van der Waals surface area contributed by atoms with E-state index in [0.717, 1.165) is 25.7 Å². The van der Waals surface area contributed by atoms with E-state index in [1.165, 1.54) is 5.57 Å². The minimum absolute atomic E-state index is 0.0166. The van der Waals surface area contributed by atoms with Crippen LogP contribution in [-0.4, -0.2) is 45.7 Å². The molecule has 28 heavy (non-hydrogen) atoms. The van der Waals surface area contributed by atoms with Crippen molar-refractivity contribution in [3.05, 3.63) is 23.8 Å². The van der Waals surface area contributed by atoms with Gasteiger partial charge in [0.1, 0.15) is 0 Å². The van der Waals surface area contributed by atoms with Crippen molar-refractivity contribution in [3.8, 4) is 0 Å². The summed E-state index contributed by atoms with van der Waals surface area (Å²) in [5, 5.41) is 29.8. The molecule has 0 amide bonds. The highest BCUT2D eigenvalue weighted by Gasteiger charge is 2.47. The molecule has 1 aliphatic carbocycles. The Morgan fingerprint density at radius 3 is 2.61 bits per heavy atom. The van der Waals surface area contributed by atoms with Gasteiger partial charge < -0.3 is 20.1 Å². The van der Waals surface area contributed by atoms with E-state index in [-0.39, 0.29) is 35.9 Å². The number of hydrogen-bond donors (Lipinski definition) is 3. The van der Waals surface area contributed by atoms with E-state index in [0.29, 0.717) is 12.8 Å². The van der Waals surface area contributed by atoms with Crippen molar-refractivity contribution in [1.82, 2.24) is 0 Å². The number of aliphatic hydroxyl groups excluding tert-OH is 2. The largest absolute Gasteiger partial charge is 0.481 e. The molecule has 0 radical (unpaired) electrons. The molecule has 0 bridgehead atoms. The first kappa shape index (κ1) is 23.1. The minimum Gasteiger partial charge on any atom is -0.481 e. The topological polar surface area (TPSA) is 87.0 Å². The van der Waals surface area contributed by atoms with E-state index in [2.05, 4.69) is 33.8 Å². The maximum absolute atomic E-state index is 10.6. The van der Waals surface area contributed by atoms with Gasteiger partial charge in [0.25, 0.3) is 0 Å². The molecule has 0 spiro atoms. The molecule has 0 aromatic rings. The second-order valence-corrected chi connectivity index (χ2v) is 9.52. The molecule has 2 rings (SSSR count). The van der Waals surface area contributed by atoms with Crippen LogP contribution in [0.1, 0.15) is 72.6 Å². The number of ether oxygens (including phenoxy) is 1. The molecule has 2 fully saturated rings. The second kappa shape index (κ2) is 10.0. The normalized spacial score (nSPS) is 31.1. The third-order valence-corrected chi connectivity index (χ3v) is 6.31. The summed E-state index contributed by atoms with van der Waals surface area (Å²) in [7, 11) is 0. The first-order valence-corrected chi connectivity index (χ1v) is 10.6. The molecule has 6 atom stereocenters. The van der Waals surface area contributed by atoms with Gasteiger partial charge in [0.15, 0.2) is 0 Å². The highest BCUT2D eigenvalue weighted by Crippen LogP contribution is 2.45. The van der Waals surface area contributed by atoms with Crippen molar-refractivity contribution in [1.29, 1.82) is 0 Å². The summed E-state index contributed by atoms with van der Waals surface area (Å²) in [6.45, 7) is 8.24. The maximum atomic E-state index is 10.6. The van der Waals surface area contributed by atoms with Gasteiger partial charge >= 0.3 is 5.97 Å². The minimum atomic E-state index is -0.747. The molecule has 5 heteroatoms. The third kappa shape index (κ3) is 6.43. The number of aliphatic hydroxyl groups is 2. The Morgan fingerprint density at radius 1 is 1.25 bits per heavy atom. The lowest BCUT2D eigenvalue weighted by Crippen LogP contribution is -2.28. The van der Waals surface area contributed by atoms with Crippen molar-refractivity contribution >= 4 is 5.97 Å². The summed E-state index contributed by atoms with van der Waals surface area (Å²) in [5.74, 6) is -0.449. The van der Waals surface area contributed by atoms with Crippen molar-refractivity contribution < 1.29 is 24.9 Å². The van der Waals surface area contributed by atoms with Gasteiger partial charge in [-0.1, -0.05) is 44.1 Å². The highest BCUT2D eigenvalue weighted by molar-refractivity contribution is 5.66. The molecule has 5 nitrogen and oxygen atoms in total. The number of carboxylic acid groups (broad SMARTS) is 1. The molecule has 0 unspecified atom stereocenters. The van der Waals surface area contributed by atoms with Gasteiger partial charge in [-0.15, -0.1) is 0 Å². The zero-order chi connectivity index (χ0) is 20.9. The van der Waals surface area contributed by atoms with Gasteiger partial charge in [-0.05, 0) is 50.9 Å². The van der Waals surface area contributed by atoms with E-state index in [4.69, 9.17) is 9.84 Å². The van der Waals surface area contributed by atoms with Crippen LogP contribution in [0.5, 0.6) is 0 Å². The fraction of sp³-hybridized carbons (Fsp3) is 0.783. The first-order valence-electron chi connectivity index (χ1n) is 10.6. The smallest absolute Gasteiger partial charge is 0.303 e. The Balaban J connectivity index is 1.88. The summed E-state index contributed by atoms with van der Waals surface area (Å²) in [4.78, 5) is 10.6. The highest BCUT2D eigenvalue weighted by atomic mass is 16.5. The average Bonchev–Trinajstić information content (AvgIpc) is 3.11. The van der Waals surface area contributed by atoms with Gasteiger partial charge in [-0.25, -0.2) is 0 Å². The van der Waals surface area contributed by atoms with Crippen LogP contribution in [0.2, 0.25) is 0 Å².